The van der Waals surface area contributed by atoms with Crippen molar-refractivity contribution in [3.8, 4) is 0 Å². The predicted octanol–water partition coefficient (Wildman–Crippen LogP) is -0.108. The molecule has 2 aliphatic heterocycles. The lowest BCUT2D eigenvalue weighted by molar-refractivity contribution is -0.171. The molecule has 5 amide bonds. The highest BCUT2D eigenvalue weighted by Gasteiger charge is 2.47. The number of likely N-dealkylation sites (N-methyl/N-ethyl adjacent to an activating group) is 1. The Morgan fingerprint density at radius 3 is 2.18 bits per heavy atom. The number of nitrogens with zero attached hydrogens (tertiary/aromatic N) is 3. The van der Waals surface area contributed by atoms with E-state index in [1.165, 1.54) is 30.9 Å². The van der Waals surface area contributed by atoms with Crippen LogP contribution in [0.15, 0.2) is 35.3 Å². The van der Waals surface area contributed by atoms with Crippen LogP contribution in [0.1, 0.15) is 78.7 Å². The fraction of sp³-hybridized carbons (Fsp3) is 0.658. The van der Waals surface area contributed by atoms with E-state index in [0.717, 1.165) is 5.56 Å². The van der Waals surface area contributed by atoms with Gasteiger partial charge in [0.15, 0.2) is 5.96 Å². The van der Waals surface area contributed by atoms with Gasteiger partial charge in [-0.1, -0.05) is 70.9 Å². The van der Waals surface area contributed by atoms with Gasteiger partial charge in [0.25, 0.3) is 0 Å². The van der Waals surface area contributed by atoms with Crippen molar-refractivity contribution in [2.75, 3.05) is 20.7 Å². The van der Waals surface area contributed by atoms with E-state index in [4.69, 9.17) is 26.7 Å². The van der Waals surface area contributed by atoms with E-state index in [2.05, 4.69) is 20.9 Å². The molecule has 0 aliphatic carbocycles. The quantitative estimate of drug-likeness (QED) is 0.0749. The molecule has 0 radical (unpaired) electrons. The fourth-order valence-corrected chi connectivity index (χ4v) is 6.81. The zero-order valence-corrected chi connectivity index (χ0v) is 33.2. The normalized spacial score (nSPS) is 28.7. The third-order valence-corrected chi connectivity index (χ3v) is 10.7. The number of nitrogens with one attached hydrogen (secondary N) is 3. The number of methoxy groups -OCH3 is 1. The van der Waals surface area contributed by atoms with E-state index in [9.17, 15) is 28.8 Å². The topological polar surface area (TPSA) is 254 Å². The van der Waals surface area contributed by atoms with Gasteiger partial charge in [0.2, 0.25) is 29.5 Å². The summed E-state index contributed by atoms with van der Waals surface area (Å²) in [6.45, 7) is 8.95. The molecule has 55 heavy (non-hydrogen) atoms. The van der Waals surface area contributed by atoms with Crippen molar-refractivity contribution in [1.29, 1.82) is 0 Å². The fourth-order valence-electron chi connectivity index (χ4n) is 6.81. The second kappa shape index (κ2) is 20.8. The number of piperidine rings is 1. The number of esters is 1. The molecule has 1 aromatic carbocycles. The standard InChI is InChI=1S/C38H61N9O8/c1-8-21(3)30-37(53)55-23(5)29(39)34(50)43-25(16-13-19-42-38(40)41)32(48)44-26-17-18-28(54-7)47(35(26)51)31(22(4)9-2)36(52)46(6)27(33(49)45-30)20-24-14-11-10-12-15-24/h10-12,14-15,21-23,25-31H,8-9,13,16-20,39H2,1-7H3,(H,43,50)(H,44,48)(H,45,49)(H4,40,41,42)/t21-,22-,23-,25+,26+,27+,28-,29+,30+,31-/m1/s1. The van der Waals surface area contributed by atoms with Crippen LogP contribution < -0.4 is 33.2 Å². The number of aliphatic imine (C=N–C) groups is 1. The summed E-state index contributed by atoms with van der Waals surface area (Å²) in [6, 6.07) is 2.09. The Labute approximate surface area is 323 Å². The van der Waals surface area contributed by atoms with Crippen molar-refractivity contribution in [3.05, 3.63) is 35.9 Å². The van der Waals surface area contributed by atoms with Gasteiger partial charge in [0.1, 0.15) is 48.6 Å². The summed E-state index contributed by atoms with van der Waals surface area (Å²) in [6.07, 6.45) is -0.108. The number of nitrogens with two attached hydrogens (primary N) is 3. The summed E-state index contributed by atoms with van der Waals surface area (Å²) in [5.41, 5.74) is 18.0. The molecule has 9 N–H and O–H groups in total. The number of hydrogen-bond donors (Lipinski definition) is 6. The van der Waals surface area contributed by atoms with Crippen molar-refractivity contribution < 1.29 is 38.2 Å². The number of carbonyl (C=O) groups excluding carboxylic acids is 6. The third kappa shape index (κ3) is 11.6. The second-order valence-electron chi connectivity index (χ2n) is 14.6. The number of benzene rings is 1. The first-order valence-electron chi connectivity index (χ1n) is 19.1. The van der Waals surface area contributed by atoms with Crippen LogP contribution in [0.4, 0.5) is 0 Å². The average molecular weight is 772 g/mol. The number of fused-ring (bicyclic) bond motifs is 2. The number of cyclic esters (lactones) is 1. The van der Waals surface area contributed by atoms with Gasteiger partial charge >= 0.3 is 5.97 Å². The van der Waals surface area contributed by atoms with Gasteiger partial charge < -0.3 is 52.4 Å². The van der Waals surface area contributed by atoms with Crippen LogP contribution in [-0.4, -0.2) is 121 Å². The molecule has 0 aromatic heterocycles. The molecule has 2 saturated heterocycles. The van der Waals surface area contributed by atoms with Crippen LogP contribution in [0.25, 0.3) is 0 Å². The lowest BCUT2D eigenvalue weighted by Crippen LogP contribution is -2.66. The highest BCUT2D eigenvalue weighted by Crippen LogP contribution is 2.29. The maximum Gasteiger partial charge on any atom is 0.329 e. The lowest BCUT2D eigenvalue weighted by Gasteiger charge is -2.46. The van der Waals surface area contributed by atoms with E-state index in [-0.39, 0.29) is 44.6 Å². The maximum atomic E-state index is 14.8. The van der Waals surface area contributed by atoms with Crippen LogP contribution in [0, 0.1) is 11.8 Å². The molecule has 306 valence electrons. The summed E-state index contributed by atoms with van der Waals surface area (Å²) in [5.74, 6) is -4.91. The molecule has 2 bridgehead atoms. The summed E-state index contributed by atoms with van der Waals surface area (Å²) in [5, 5.41) is 8.27. The third-order valence-electron chi connectivity index (χ3n) is 10.7. The Bertz CT molecular complexity index is 1520. The summed E-state index contributed by atoms with van der Waals surface area (Å²) in [4.78, 5) is 91.5. The number of carbonyl (C=O) groups is 6. The highest BCUT2D eigenvalue weighted by molar-refractivity contribution is 5.97. The van der Waals surface area contributed by atoms with Crippen molar-refractivity contribution in [2.24, 2.45) is 34.0 Å². The molecule has 10 atom stereocenters. The first-order chi connectivity index (χ1) is 26.1. The Kier molecular flexibility index (Phi) is 16.9. The second-order valence-corrected chi connectivity index (χ2v) is 14.6. The molecule has 3 rings (SSSR count). The number of rotatable bonds is 11. The molecular weight excluding hydrogens is 710 g/mol. The van der Waals surface area contributed by atoms with E-state index in [1.807, 2.05) is 51.1 Å². The SMILES string of the molecule is CC[C@@H](C)[C@@H]1NC(=O)[C@H](Cc2ccccc2)N(C)C(=O)[C@@H]([C@H](C)CC)N2C(=O)[C@H](CC[C@H]2OC)NC(=O)[C@H](CCCN=C(N)N)NC(=O)[C@@H](N)[C@@H](C)OC1=O. The zero-order chi connectivity index (χ0) is 41.0. The van der Waals surface area contributed by atoms with Gasteiger partial charge in [-0.3, -0.25) is 29.0 Å². The minimum Gasteiger partial charge on any atom is -0.459 e. The van der Waals surface area contributed by atoms with Gasteiger partial charge in [-0.2, -0.15) is 0 Å². The smallest absolute Gasteiger partial charge is 0.329 e. The molecule has 0 unspecified atom stereocenters. The predicted molar refractivity (Wildman–Crippen MR) is 206 cm³/mol. The van der Waals surface area contributed by atoms with Gasteiger partial charge in [-0.05, 0) is 50.0 Å². The minimum absolute atomic E-state index is 0.0737. The van der Waals surface area contributed by atoms with Crippen LogP contribution >= 0.6 is 0 Å². The molecule has 17 heteroatoms. The van der Waals surface area contributed by atoms with Crippen molar-refractivity contribution in [3.63, 3.8) is 0 Å². The van der Waals surface area contributed by atoms with Crippen LogP contribution in [0.5, 0.6) is 0 Å². The summed E-state index contributed by atoms with van der Waals surface area (Å²) in [7, 11) is 2.95. The maximum absolute atomic E-state index is 14.8. The van der Waals surface area contributed by atoms with Crippen molar-refractivity contribution in [1.82, 2.24) is 25.8 Å². The molecule has 2 heterocycles. The first kappa shape index (κ1) is 44.6. The Morgan fingerprint density at radius 1 is 0.927 bits per heavy atom. The molecule has 0 spiro atoms. The molecule has 1 aromatic rings. The molecule has 0 saturated carbocycles. The Balaban J connectivity index is 2.18. The van der Waals surface area contributed by atoms with Crippen LogP contribution in [-0.2, 0) is 44.7 Å². The van der Waals surface area contributed by atoms with Crippen molar-refractivity contribution in [2.45, 2.75) is 128 Å². The molecule has 17 nitrogen and oxygen atoms in total. The summed E-state index contributed by atoms with van der Waals surface area (Å²) >= 11 is 0. The van der Waals surface area contributed by atoms with Crippen LogP contribution in [0.3, 0.4) is 0 Å². The monoisotopic (exact) mass is 771 g/mol. The molecule has 2 aliphatic rings. The highest BCUT2D eigenvalue weighted by atomic mass is 16.5. The number of ether oxygens (including phenoxy) is 2. The van der Waals surface area contributed by atoms with E-state index < -0.39 is 95.9 Å². The minimum atomic E-state index is -1.41. The number of amides is 5. The van der Waals surface area contributed by atoms with Gasteiger partial charge in [-0.25, -0.2) is 4.79 Å². The van der Waals surface area contributed by atoms with Gasteiger partial charge in [0.05, 0.1) is 0 Å². The number of guanidine groups is 1. The number of hydrogen-bond acceptors (Lipinski definition) is 10. The Hall–Kier alpha value is -4.77. The first-order valence-corrected chi connectivity index (χ1v) is 19.1. The van der Waals surface area contributed by atoms with Gasteiger partial charge in [0, 0.05) is 27.1 Å². The zero-order valence-electron chi connectivity index (χ0n) is 33.2. The largest absolute Gasteiger partial charge is 0.459 e. The van der Waals surface area contributed by atoms with Crippen molar-refractivity contribution >= 4 is 41.5 Å². The Morgan fingerprint density at radius 2 is 1.58 bits per heavy atom. The van der Waals surface area contributed by atoms with E-state index >= 15 is 0 Å². The molecule has 2 fully saturated rings. The lowest BCUT2D eigenvalue weighted by atomic mass is 9.91. The van der Waals surface area contributed by atoms with E-state index in [0.29, 0.717) is 12.8 Å². The van der Waals surface area contributed by atoms with Crippen LogP contribution in [0.2, 0.25) is 0 Å². The average Bonchev–Trinajstić information content (AvgIpc) is 3.16. The van der Waals surface area contributed by atoms with Gasteiger partial charge in [-0.15, -0.1) is 0 Å². The summed E-state index contributed by atoms with van der Waals surface area (Å²) < 4.78 is 11.5. The van der Waals surface area contributed by atoms with E-state index in [1.54, 1.807) is 6.92 Å². The molecular formula is C38H61N9O8.